The van der Waals surface area contributed by atoms with E-state index in [1.54, 1.807) is 17.1 Å². The van der Waals surface area contributed by atoms with E-state index in [1.807, 2.05) is 45.0 Å². The molecule has 1 heterocycles. The van der Waals surface area contributed by atoms with Gasteiger partial charge in [-0.3, -0.25) is 0 Å². The quantitative estimate of drug-likeness (QED) is 0.626. The van der Waals surface area contributed by atoms with Crippen LogP contribution in [0.3, 0.4) is 0 Å². The number of nitrogens with zero attached hydrogens (tertiary/aromatic N) is 3. The smallest absolute Gasteiger partial charge is 0.330 e. The molecular formula is C16H19N3O2. The summed E-state index contributed by atoms with van der Waals surface area (Å²) >= 11 is 0. The summed E-state index contributed by atoms with van der Waals surface area (Å²) in [5.41, 5.74) is 2.15. The highest BCUT2D eigenvalue weighted by Gasteiger charge is 2.04. The van der Waals surface area contributed by atoms with E-state index < -0.39 is 0 Å². The van der Waals surface area contributed by atoms with Gasteiger partial charge in [-0.05, 0) is 26.8 Å². The fourth-order valence-electron chi connectivity index (χ4n) is 1.83. The molecule has 1 aromatic heterocycles. The van der Waals surface area contributed by atoms with Gasteiger partial charge in [0.05, 0.1) is 12.6 Å². The molecule has 0 aliphatic heterocycles. The lowest BCUT2D eigenvalue weighted by molar-refractivity contribution is -0.141. The van der Waals surface area contributed by atoms with Gasteiger partial charge in [0.25, 0.3) is 0 Å². The number of allylic oxidation sites excluding steroid dienone is 1. The zero-order chi connectivity index (χ0) is 15.2. The van der Waals surface area contributed by atoms with Gasteiger partial charge in [-0.2, -0.15) is 5.10 Å². The number of hydrogen-bond donors (Lipinski definition) is 0. The van der Waals surface area contributed by atoms with E-state index in [4.69, 9.17) is 4.74 Å². The molecule has 2 aromatic rings. The van der Waals surface area contributed by atoms with Crippen molar-refractivity contribution in [3.63, 3.8) is 0 Å². The number of aromatic nitrogens is 3. The second-order valence-corrected chi connectivity index (χ2v) is 5.05. The van der Waals surface area contributed by atoms with Crippen LogP contribution in [-0.4, -0.2) is 26.8 Å². The van der Waals surface area contributed by atoms with Gasteiger partial charge in [0.1, 0.15) is 6.33 Å². The Bertz CT molecular complexity index is 644. The molecular weight excluding hydrogens is 266 g/mol. The first kappa shape index (κ1) is 15.0. The van der Waals surface area contributed by atoms with Gasteiger partial charge in [-0.25, -0.2) is 14.5 Å². The summed E-state index contributed by atoms with van der Waals surface area (Å²) < 4.78 is 6.68. The summed E-state index contributed by atoms with van der Waals surface area (Å²) in [6, 6.07) is 8.02. The molecule has 0 bridgehead atoms. The highest BCUT2D eigenvalue weighted by Crippen LogP contribution is 2.15. The average Bonchev–Trinajstić information content (AvgIpc) is 2.86. The average molecular weight is 285 g/mol. The minimum Gasteiger partial charge on any atom is -0.460 e. The summed E-state index contributed by atoms with van der Waals surface area (Å²) in [6.07, 6.45) is 4.66. The molecule has 0 atom stereocenters. The predicted octanol–water partition coefficient (Wildman–Crippen LogP) is 2.76. The molecule has 1 aromatic carbocycles. The molecule has 2 rings (SSSR count). The van der Waals surface area contributed by atoms with E-state index in [2.05, 4.69) is 10.1 Å². The highest BCUT2D eigenvalue weighted by molar-refractivity contribution is 5.81. The lowest BCUT2D eigenvalue weighted by Gasteiger charge is -2.03. The Balaban J connectivity index is 1.98. The topological polar surface area (TPSA) is 57.0 Å². The molecule has 0 saturated carbocycles. The maximum atomic E-state index is 11.4. The SMILES string of the molecule is Cc1cccc(-c2ncn(C/C=C\C(=O)OC(C)C)n2)c1. The molecule has 0 aliphatic carbocycles. The first-order valence-electron chi connectivity index (χ1n) is 6.88. The number of carbonyl (C=O) groups is 1. The lowest BCUT2D eigenvalue weighted by Crippen LogP contribution is -2.08. The van der Waals surface area contributed by atoms with Crippen LogP contribution in [-0.2, 0) is 16.1 Å². The number of aryl methyl sites for hydroxylation is 1. The summed E-state index contributed by atoms with van der Waals surface area (Å²) in [5, 5.41) is 4.38. The van der Waals surface area contributed by atoms with Crippen LogP contribution in [0.1, 0.15) is 19.4 Å². The van der Waals surface area contributed by atoms with Crippen LogP contribution in [0, 0.1) is 6.92 Å². The van der Waals surface area contributed by atoms with Crippen LogP contribution in [0.25, 0.3) is 11.4 Å². The minimum atomic E-state index is -0.343. The monoisotopic (exact) mass is 285 g/mol. The summed E-state index contributed by atoms with van der Waals surface area (Å²) in [4.78, 5) is 15.6. The zero-order valence-corrected chi connectivity index (χ0v) is 12.5. The van der Waals surface area contributed by atoms with Crippen molar-refractivity contribution in [3.8, 4) is 11.4 Å². The molecule has 21 heavy (non-hydrogen) atoms. The number of ether oxygens (including phenoxy) is 1. The van der Waals surface area contributed by atoms with Crippen LogP contribution in [0.5, 0.6) is 0 Å². The van der Waals surface area contributed by atoms with Crippen LogP contribution in [0.2, 0.25) is 0 Å². The first-order chi connectivity index (χ1) is 10.0. The maximum Gasteiger partial charge on any atom is 0.330 e. The van der Waals surface area contributed by atoms with Crippen molar-refractivity contribution in [2.75, 3.05) is 0 Å². The number of carbonyl (C=O) groups excluding carboxylic acids is 1. The number of rotatable bonds is 5. The van der Waals surface area contributed by atoms with Crippen molar-refractivity contribution in [1.29, 1.82) is 0 Å². The second kappa shape index (κ2) is 6.83. The number of hydrogen-bond acceptors (Lipinski definition) is 4. The molecule has 0 unspecified atom stereocenters. The summed E-state index contributed by atoms with van der Waals surface area (Å²) in [6.45, 7) is 6.14. The Kier molecular flexibility index (Phi) is 4.87. The fourth-order valence-corrected chi connectivity index (χ4v) is 1.83. The van der Waals surface area contributed by atoms with Crippen LogP contribution >= 0.6 is 0 Å². The molecule has 0 aliphatic rings. The Morgan fingerprint density at radius 1 is 1.43 bits per heavy atom. The third-order valence-electron chi connectivity index (χ3n) is 2.71. The first-order valence-corrected chi connectivity index (χ1v) is 6.88. The minimum absolute atomic E-state index is 0.110. The Morgan fingerprint density at radius 2 is 2.24 bits per heavy atom. The molecule has 0 N–H and O–H groups in total. The van der Waals surface area contributed by atoms with Gasteiger partial charge in [0, 0.05) is 11.6 Å². The Hall–Kier alpha value is -2.43. The largest absolute Gasteiger partial charge is 0.460 e. The maximum absolute atomic E-state index is 11.4. The van der Waals surface area contributed by atoms with E-state index in [0.717, 1.165) is 5.56 Å². The summed E-state index contributed by atoms with van der Waals surface area (Å²) in [7, 11) is 0. The van der Waals surface area contributed by atoms with Crippen molar-refractivity contribution in [1.82, 2.24) is 14.8 Å². The molecule has 5 nitrogen and oxygen atoms in total. The van der Waals surface area contributed by atoms with E-state index in [-0.39, 0.29) is 12.1 Å². The normalized spacial score (nSPS) is 11.2. The van der Waals surface area contributed by atoms with E-state index in [1.165, 1.54) is 11.6 Å². The lowest BCUT2D eigenvalue weighted by atomic mass is 10.1. The standard InChI is InChI=1S/C16H19N3O2/c1-12(2)21-15(20)8-5-9-19-11-17-16(18-19)14-7-4-6-13(3)10-14/h4-8,10-12H,9H2,1-3H3/b8-5-. The van der Waals surface area contributed by atoms with Gasteiger partial charge >= 0.3 is 5.97 Å². The van der Waals surface area contributed by atoms with Gasteiger partial charge < -0.3 is 4.74 Å². The fraction of sp³-hybridized carbons (Fsp3) is 0.312. The van der Waals surface area contributed by atoms with E-state index >= 15 is 0 Å². The molecule has 0 amide bonds. The van der Waals surface area contributed by atoms with Crippen molar-refractivity contribution in [2.24, 2.45) is 0 Å². The third-order valence-corrected chi connectivity index (χ3v) is 2.71. The molecule has 0 spiro atoms. The second-order valence-electron chi connectivity index (χ2n) is 5.05. The zero-order valence-electron chi connectivity index (χ0n) is 12.5. The Morgan fingerprint density at radius 3 is 2.95 bits per heavy atom. The third kappa shape index (κ3) is 4.56. The predicted molar refractivity (Wildman–Crippen MR) is 80.6 cm³/mol. The van der Waals surface area contributed by atoms with E-state index in [0.29, 0.717) is 12.4 Å². The van der Waals surface area contributed by atoms with Gasteiger partial charge in [0.2, 0.25) is 0 Å². The van der Waals surface area contributed by atoms with Crippen molar-refractivity contribution in [3.05, 3.63) is 48.3 Å². The molecule has 0 saturated heterocycles. The van der Waals surface area contributed by atoms with Gasteiger partial charge in [0.15, 0.2) is 5.82 Å². The van der Waals surface area contributed by atoms with Crippen molar-refractivity contribution in [2.45, 2.75) is 33.4 Å². The van der Waals surface area contributed by atoms with Crippen LogP contribution < -0.4 is 0 Å². The molecule has 0 radical (unpaired) electrons. The Labute approximate surface area is 124 Å². The highest BCUT2D eigenvalue weighted by atomic mass is 16.5. The van der Waals surface area contributed by atoms with E-state index in [9.17, 15) is 4.79 Å². The van der Waals surface area contributed by atoms with Crippen LogP contribution in [0.15, 0.2) is 42.7 Å². The van der Waals surface area contributed by atoms with Crippen molar-refractivity contribution < 1.29 is 9.53 Å². The van der Waals surface area contributed by atoms with Gasteiger partial charge in [-0.15, -0.1) is 0 Å². The molecule has 110 valence electrons. The number of esters is 1. The molecule has 0 fully saturated rings. The van der Waals surface area contributed by atoms with Gasteiger partial charge in [-0.1, -0.05) is 29.8 Å². The van der Waals surface area contributed by atoms with Crippen molar-refractivity contribution >= 4 is 5.97 Å². The summed E-state index contributed by atoms with van der Waals surface area (Å²) in [5.74, 6) is 0.334. The van der Waals surface area contributed by atoms with Crippen LogP contribution in [0.4, 0.5) is 0 Å². The molecule has 5 heteroatoms. The number of benzene rings is 1.